The molecule has 0 fully saturated rings. The van der Waals surface area contributed by atoms with Gasteiger partial charge < -0.3 is 24.8 Å². The van der Waals surface area contributed by atoms with Crippen molar-refractivity contribution in [3.63, 3.8) is 0 Å². The predicted molar refractivity (Wildman–Crippen MR) is 115 cm³/mol. The first kappa shape index (κ1) is 20.5. The number of nitrogens with zero attached hydrogens (tertiary/aromatic N) is 1. The van der Waals surface area contributed by atoms with Crippen LogP contribution in [0.15, 0.2) is 47.8 Å². The quantitative estimate of drug-likeness (QED) is 0.538. The summed E-state index contributed by atoms with van der Waals surface area (Å²) in [5.74, 6) is 1.87. The molecule has 0 aliphatic heterocycles. The van der Waals surface area contributed by atoms with E-state index in [0.717, 1.165) is 5.69 Å². The van der Waals surface area contributed by atoms with E-state index in [-0.39, 0.29) is 12.3 Å². The zero-order chi connectivity index (χ0) is 20.6. The number of aromatic nitrogens is 1. The topological polar surface area (TPSA) is 81.7 Å². The number of thiazole rings is 1. The molecule has 2 aromatic carbocycles. The maximum atomic E-state index is 12.4. The maximum absolute atomic E-state index is 12.4. The zero-order valence-electron chi connectivity index (χ0n) is 16.5. The molecule has 3 rings (SSSR count). The highest BCUT2D eigenvalue weighted by Gasteiger charge is 2.12. The number of anilines is 3. The van der Waals surface area contributed by atoms with Gasteiger partial charge in [-0.1, -0.05) is 12.1 Å². The fourth-order valence-corrected chi connectivity index (χ4v) is 3.41. The molecule has 1 aromatic heterocycles. The number of methoxy groups -OCH3 is 2. The van der Waals surface area contributed by atoms with E-state index in [1.807, 2.05) is 54.8 Å². The molecule has 29 heavy (non-hydrogen) atoms. The summed E-state index contributed by atoms with van der Waals surface area (Å²) in [6, 6.07) is 12.8. The average Bonchev–Trinajstić information content (AvgIpc) is 3.16. The van der Waals surface area contributed by atoms with Gasteiger partial charge in [0.25, 0.3) is 0 Å². The molecule has 0 aliphatic carbocycles. The number of carbonyl (C=O) groups excluding carboxylic acids is 1. The van der Waals surface area contributed by atoms with Gasteiger partial charge in [-0.25, -0.2) is 4.98 Å². The SMILES string of the molecule is CCOc1ccccc1NC(=O)Cc1csc(Nc2cc(OC)ccc2OC)n1. The van der Waals surface area contributed by atoms with Crippen molar-refractivity contribution in [2.24, 2.45) is 0 Å². The van der Waals surface area contributed by atoms with Crippen LogP contribution in [0.25, 0.3) is 0 Å². The largest absolute Gasteiger partial charge is 0.497 e. The van der Waals surface area contributed by atoms with Crippen LogP contribution in [0.5, 0.6) is 17.2 Å². The predicted octanol–water partition coefficient (Wildman–Crippen LogP) is 4.48. The van der Waals surface area contributed by atoms with E-state index in [2.05, 4.69) is 15.6 Å². The van der Waals surface area contributed by atoms with Crippen molar-refractivity contribution in [1.29, 1.82) is 0 Å². The molecule has 152 valence electrons. The zero-order valence-corrected chi connectivity index (χ0v) is 17.3. The van der Waals surface area contributed by atoms with Crippen molar-refractivity contribution in [2.45, 2.75) is 13.3 Å². The van der Waals surface area contributed by atoms with E-state index >= 15 is 0 Å². The second-order valence-corrected chi connectivity index (χ2v) is 6.85. The molecule has 0 radical (unpaired) electrons. The van der Waals surface area contributed by atoms with Crippen LogP contribution in [0.3, 0.4) is 0 Å². The van der Waals surface area contributed by atoms with Gasteiger partial charge in [-0.05, 0) is 31.2 Å². The molecule has 0 atom stereocenters. The minimum absolute atomic E-state index is 0.159. The summed E-state index contributed by atoms with van der Waals surface area (Å²) in [4.78, 5) is 16.9. The molecule has 0 spiro atoms. The third-order valence-electron chi connectivity index (χ3n) is 4.00. The van der Waals surface area contributed by atoms with Crippen molar-refractivity contribution < 1.29 is 19.0 Å². The van der Waals surface area contributed by atoms with E-state index in [0.29, 0.717) is 40.4 Å². The third-order valence-corrected chi connectivity index (χ3v) is 4.81. The van der Waals surface area contributed by atoms with Gasteiger partial charge in [-0.15, -0.1) is 11.3 Å². The van der Waals surface area contributed by atoms with E-state index in [1.165, 1.54) is 11.3 Å². The number of ether oxygens (including phenoxy) is 3. The number of hydrogen-bond donors (Lipinski definition) is 2. The third kappa shape index (κ3) is 5.39. The summed E-state index contributed by atoms with van der Waals surface area (Å²) in [5.41, 5.74) is 2.06. The molecule has 0 saturated heterocycles. The summed E-state index contributed by atoms with van der Waals surface area (Å²) >= 11 is 1.41. The lowest BCUT2D eigenvalue weighted by Crippen LogP contribution is -2.15. The van der Waals surface area contributed by atoms with E-state index in [9.17, 15) is 4.79 Å². The standard InChI is InChI=1S/C21H23N3O4S/c1-4-28-19-8-6-5-7-16(19)23-20(25)11-14-13-29-21(22-14)24-17-12-15(26-2)9-10-18(17)27-3/h5-10,12-13H,4,11H2,1-3H3,(H,22,24)(H,23,25). The van der Waals surface area contributed by atoms with Gasteiger partial charge in [0.2, 0.25) is 5.91 Å². The lowest BCUT2D eigenvalue weighted by Gasteiger charge is -2.11. The maximum Gasteiger partial charge on any atom is 0.230 e. The Hall–Kier alpha value is -3.26. The summed E-state index contributed by atoms with van der Waals surface area (Å²) in [7, 11) is 3.21. The van der Waals surface area contributed by atoms with Crippen LogP contribution in [0.2, 0.25) is 0 Å². The van der Waals surface area contributed by atoms with Crippen LogP contribution >= 0.6 is 11.3 Å². The van der Waals surface area contributed by atoms with Crippen LogP contribution in [0, 0.1) is 0 Å². The molecule has 0 bridgehead atoms. The molecule has 0 saturated carbocycles. The normalized spacial score (nSPS) is 10.3. The summed E-state index contributed by atoms with van der Waals surface area (Å²) < 4.78 is 16.2. The Kier molecular flexibility index (Phi) is 6.91. The molecule has 1 amide bonds. The van der Waals surface area contributed by atoms with Gasteiger partial charge >= 0.3 is 0 Å². The number of nitrogens with one attached hydrogen (secondary N) is 2. The van der Waals surface area contributed by atoms with Crippen LogP contribution in [-0.2, 0) is 11.2 Å². The highest BCUT2D eigenvalue weighted by atomic mass is 32.1. The van der Waals surface area contributed by atoms with Crippen LogP contribution in [0.1, 0.15) is 12.6 Å². The molecule has 1 heterocycles. The molecule has 0 aliphatic rings. The van der Waals surface area contributed by atoms with Gasteiger partial charge in [0.1, 0.15) is 17.2 Å². The molecular formula is C21H23N3O4S. The van der Waals surface area contributed by atoms with E-state index < -0.39 is 0 Å². The lowest BCUT2D eigenvalue weighted by atomic mass is 10.2. The van der Waals surface area contributed by atoms with Gasteiger partial charge in [0.15, 0.2) is 5.13 Å². The first-order valence-electron chi connectivity index (χ1n) is 9.08. The number of carbonyl (C=O) groups is 1. The fraction of sp³-hybridized carbons (Fsp3) is 0.238. The second-order valence-electron chi connectivity index (χ2n) is 5.99. The van der Waals surface area contributed by atoms with Crippen molar-refractivity contribution >= 4 is 33.8 Å². The Morgan fingerprint density at radius 2 is 1.90 bits per heavy atom. The number of hydrogen-bond acceptors (Lipinski definition) is 7. The Morgan fingerprint density at radius 1 is 1.07 bits per heavy atom. The molecule has 0 unspecified atom stereocenters. The monoisotopic (exact) mass is 413 g/mol. The second kappa shape index (κ2) is 9.79. The number of para-hydroxylation sites is 2. The highest BCUT2D eigenvalue weighted by Crippen LogP contribution is 2.32. The van der Waals surface area contributed by atoms with E-state index in [1.54, 1.807) is 14.2 Å². The molecule has 3 aromatic rings. The number of rotatable bonds is 9. The minimum Gasteiger partial charge on any atom is -0.497 e. The molecule has 7 nitrogen and oxygen atoms in total. The Bertz CT molecular complexity index is 974. The molecule has 2 N–H and O–H groups in total. The molecular weight excluding hydrogens is 390 g/mol. The Balaban J connectivity index is 1.66. The Labute approximate surface area is 173 Å². The van der Waals surface area contributed by atoms with Crippen LogP contribution in [-0.4, -0.2) is 31.7 Å². The summed E-state index contributed by atoms with van der Waals surface area (Å²) in [6.45, 7) is 2.43. The van der Waals surface area contributed by atoms with Gasteiger partial charge in [-0.2, -0.15) is 0 Å². The first-order chi connectivity index (χ1) is 14.1. The number of benzene rings is 2. The van der Waals surface area contributed by atoms with Gasteiger partial charge in [-0.3, -0.25) is 4.79 Å². The number of amides is 1. The first-order valence-corrected chi connectivity index (χ1v) is 9.96. The average molecular weight is 413 g/mol. The Morgan fingerprint density at radius 3 is 2.66 bits per heavy atom. The fourth-order valence-electron chi connectivity index (χ4n) is 2.68. The van der Waals surface area contributed by atoms with Crippen molar-refractivity contribution in [1.82, 2.24) is 4.98 Å². The smallest absolute Gasteiger partial charge is 0.230 e. The summed E-state index contributed by atoms with van der Waals surface area (Å²) in [5, 5.41) is 8.61. The van der Waals surface area contributed by atoms with Crippen LogP contribution < -0.4 is 24.8 Å². The lowest BCUT2D eigenvalue weighted by molar-refractivity contribution is -0.115. The van der Waals surface area contributed by atoms with Crippen molar-refractivity contribution in [2.75, 3.05) is 31.5 Å². The van der Waals surface area contributed by atoms with Crippen LogP contribution in [0.4, 0.5) is 16.5 Å². The highest BCUT2D eigenvalue weighted by molar-refractivity contribution is 7.13. The van der Waals surface area contributed by atoms with Crippen molar-refractivity contribution in [3.05, 3.63) is 53.5 Å². The van der Waals surface area contributed by atoms with E-state index in [4.69, 9.17) is 14.2 Å². The summed E-state index contributed by atoms with van der Waals surface area (Å²) in [6.07, 6.45) is 0.161. The van der Waals surface area contributed by atoms with Crippen molar-refractivity contribution in [3.8, 4) is 17.2 Å². The van der Waals surface area contributed by atoms with Gasteiger partial charge in [0, 0.05) is 11.4 Å². The molecule has 8 heteroatoms. The van der Waals surface area contributed by atoms with Gasteiger partial charge in [0.05, 0.1) is 44.3 Å². The minimum atomic E-state index is -0.159.